The van der Waals surface area contributed by atoms with Crippen LogP contribution in [0.3, 0.4) is 0 Å². The largest absolute Gasteiger partial charge is 0.356 e. The van der Waals surface area contributed by atoms with E-state index in [1.54, 1.807) is 12.4 Å². The summed E-state index contributed by atoms with van der Waals surface area (Å²) in [7, 11) is 0. The number of hydrogen-bond acceptors (Lipinski definition) is 3. The third kappa shape index (κ3) is 3.34. The van der Waals surface area contributed by atoms with Crippen molar-refractivity contribution < 1.29 is 4.79 Å². The van der Waals surface area contributed by atoms with Gasteiger partial charge in [-0.3, -0.25) is 4.79 Å². The van der Waals surface area contributed by atoms with Gasteiger partial charge in [0.2, 0.25) is 5.91 Å². The van der Waals surface area contributed by atoms with Crippen LogP contribution in [-0.4, -0.2) is 35.5 Å². The lowest BCUT2D eigenvalue weighted by molar-refractivity contribution is -0.121. The van der Waals surface area contributed by atoms with E-state index in [2.05, 4.69) is 20.6 Å². The summed E-state index contributed by atoms with van der Waals surface area (Å²) in [6, 6.07) is 0. The van der Waals surface area contributed by atoms with E-state index in [0.717, 1.165) is 31.8 Å². The monoisotopic (exact) mass is 222 g/mol. The molecule has 2 rings (SSSR count). The molecule has 1 aliphatic rings. The number of hydrogen-bond donors (Lipinski definition) is 3. The second kappa shape index (κ2) is 5.65. The Morgan fingerprint density at radius 2 is 2.56 bits per heavy atom. The first-order chi connectivity index (χ1) is 7.84. The average molecular weight is 222 g/mol. The molecule has 0 radical (unpaired) electrons. The molecule has 0 saturated carbocycles. The van der Waals surface area contributed by atoms with E-state index in [9.17, 15) is 4.79 Å². The third-order valence-corrected chi connectivity index (χ3v) is 2.88. The molecule has 3 N–H and O–H groups in total. The Morgan fingerprint density at radius 3 is 3.25 bits per heavy atom. The van der Waals surface area contributed by atoms with Crippen LogP contribution in [0.25, 0.3) is 0 Å². The molecular weight excluding hydrogens is 204 g/mol. The van der Waals surface area contributed by atoms with E-state index < -0.39 is 0 Å². The van der Waals surface area contributed by atoms with Crippen LogP contribution in [0, 0.1) is 5.92 Å². The summed E-state index contributed by atoms with van der Waals surface area (Å²) in [5.41, 5.74) is 0. The number of nitrogens with one attached hydrogen (secondary N) is 3. The molecule has 2 heterocycles. The minimum absolute atomic E-state index is 0.153. The van der Waals surface area contributed by atoms with Gasteiger partial charge in [-0.1, -0.05) is 0 Å². The van der Waals surface area contributed by atoms with Gasteiger partial charge in [0, 0.05) is 31.8 Å². The van der Waals surface area contributed by atoms with Gasteiger partial charge in [-0.15, -0.1) is 0 Å². The maximum atomic E-state index is 11.6. The Labute approximate surface area is 95.0 Å². The standard InChI is InChI=1S/C11H18N4O/c16-11(7-9-1-3-12-8-9)15-4-2-10-13-5-6-14-10/h5-6,9,12H,1-4,7-8H2,(H,13,14)(H,15,16). The Morgan fingerprint density at radius 1 is 1.62 bits per heavy atom. The average Bonchev–Trinajstić information content (AvgIpc) is 2.90. The fourth-order valence-electron chi connectivity index (χ4n) is 1.98. The fourth-order valence-corrected chi connectivity index (χ4v) is 1.98. The summed E-state index contributed by atoms with van der Waals surface area (Å²) in [6.45, 7) is 2.68. The van der Waals surface area contributed by atoms with Gasteiger partial charge >= 0.3 is 0 Å². The predicted molar refractivity (Wildman–Crippen MR) is 60.9 cm³/mol. The number of amides is 1. The minimum Gasteiger partial charge on any atom is -0.356 e. The van der Waals surface area contributed by atoms with Gasteiger partial charge in [-0.25, -0.2) is 4.98 Å². The van der Waals surface area contributed by atoms with Crippen LogP contribution >= 0.6 is 0 Å². The first-order valence-corrected chi connectivity index (χ1v) is 5.80. The first kappa shape index (κ1) is 11.1. The van der Waals surface area contributed by atoms with Crippen molar-refractivity contribution in [3.05, 3.63) is 18.2 Å². The summed E-state index contributed by atoms with van der Waals surface area (Å²) < 4.78 is 0. The number of rotatable bonds is 5. The van der Waals surface area contributed by atoms with Gasteiger partial charge in [0.05, 0.1) is 0 Å². The van der Waals surface area contributed by atoms with Crippen LogP contribution < -0.4 is 10.6 Å². The van der Waals surface area contributed by atoms with E-state index in [1.807, 2.05) is 0 Å². The smallest absolute Gasteiger partial charge is 0.220 e. The maximum absolute atomic E-state index is 11.6. The summed E-state index contributed by atoms with van der Waals surface area (Å²) in [6.07, 6.45) is 6.04. The molecule has 88 valence electrons. The topological polar surface area (TPSA) is 69.8 Å². The summed E-state index contributed by atoms with van der Waals surface area (Å²) >= 11 is 0. The highest BCUT2D eigenvalue weighted by atomic mass is 16.1. The number of carbonyl (C=O) groups is 1. The zero-order chi connectivity index (χ0) is 11.2. The zero-order valence-corrected chi connectivity index (χ0v) is 9.33. The van der Waals surface area contributed by atoms with E-state index in [0.29, 0.717) is 18.9 Å². The lowest BCUT2D eigenvalue weighted by Gasteiger charge is -2.08. The van der Waals surface area contributed by atoms with Crippen molar-refractivity contribution >= 4 is 5.91 Å². The van der Waals surface area contributed by atoms with Crippen LogP contribution in [-0.2, 0) is 11.2 Å². The molecule has 1 amide bonds. The van der Waals surface area contributed by atoms with E-state index in [4.69, 9.17) is 0 Å². The van der Waals surface area contributed by atoms with Crippen LogP contribution in [0.2, 0.25) is 0 Å². The van der Waals surface area contributed by atoms with Crippen molar-refractivity contribution in [2.45, 2.75) is 19.3 Å². The second-order valence-electron chi connectivity index (χ2n) is 4.20. The molecule has 1 unspecified atom stereocenters. The summed E-state index contributed by atoms with van der Waals surface area (Å²) in [5.74, 6) is 1.59. The van der Waals surface area contributed by atoms with Gasteiger partial charge < -0.3 is 15.6 Å². The Bertz CT molecular complexity index is 317. The molecule has 1 saturated heterocycles. The SMILES string of the molecule is O=C(CC1CCNC1)NCCc1ncc[nH]1. The van der Waals surface area contributed by atoms with Crippen LogP contribution in [0.4, 0.5) is 0 Å². The second-order valence-corrected chi connectivity index (χ2v) is 4.20. The third-order valence-electron chi connectivity index (χ3n) is 2.88. The zero-order valence-electron chi connectivity index (χ0n) is 9.33. The number of aromatic amines is 1. The molecule has 0 spiro atoms. The van der Waals surface area contributed by atoms with Crippen LogP contribution in [0.15, 0.2) is 12.4 Å². The van der Waals surface area contributed by atoms with Crippen molar-refractivity contribution in [1.82, 2.24) is 20.6 Å². The quantitative estimate of drug-likeness (QED) is 0.660. The predicted octanol–water partition coefficient (Wildman–Crippen LogP) is 0.0680. The van der Waals surface area contributed by atoms with E-state index >= 15 is 0 Å². The van der Waals surface area contributed by atoms with Crippen LogP contribution in [0.1, 0.15) is 18.7 Å². The maximum Gasteiger partial charge on any atom is 0.220 e. The lowest BCUT2D eigenvalue weighted by atomic mass is 10.0. The highest BCUT2D eigenvalue weighted by Crippen LogP contribution is 2.11. The van der Waals surface area contributed by atoms with Gasteiger partial charge in [0.15, 0.2) is 0 Å². The van der Waals surface area contributed by atoms with E-state index in [-0.39, 0.29) is 5.91 Å². The molecule has 1 aliphatic heterocycles. The van der Waals surface area contributed by atoms with Crippen LogP contribution in [0.5, 0.6) is 0 Å². The molecular formula is C11H18N4O. The van der Waals surface area contributed by atoms with Gasteiger partial charge in [-0.05, 0) is 25.4 Å². The lowest BCUT2D eigenvalue weighted by Crippen LogP contribution is -2.28. The van der Waals surface area contributed by atoms with E-state index in [1.165, 1.54) is 0 Å². The fraction of sp³-hybridized carbons (Fsp3) is 0.636. The number of H-pyrrole nitrogens is 1. The Balaban J connectivity index is 1.60. The molecule has 16 heavy (non-hydrogen) atoms. The molecule has 5 heteroatoms. The number of carbonyl (C=O) groups excluding carboxylic acids is 1. The highest BCUT2D eigenvalue weighted by Gasteiger charge is 2.17. The van der Waals surface area contributed by atoms with Gasteiger partial charge in [-0.2, -0.15) is 0 Å². The molecule has 5 nitrogen and oxygen atoms in total. The van der Waals surface area contributed by atoms with Gasteiger partial charge in [0.25, 0.3) is 0 Å². The Hall–Kier alpha value is -1.36. The molecule has 1 aromatic rings. The number of nitrogens with zero attached hydrogens (tertiary/aromatic N) is 1. The number of imidazole rings is 1. The van der Waals surface area contributed by atoms with Crippen molar-refractivity contribution in [3.63, 3.8) is 0 Å². The molecule has 0 aliphatic carbocycles. The van der Waals surface area contributed by atoms with Gasteiger partial charge in [0.1, 0.15) is 5.82 Å². The van der Waals surface area contributed by atoms with Crippen molar-refractivity contribution in [2.75, 3.05) is 19.6 Å². The van der Waals surface area contributed by atoms with Crippen molar-refractivity contribution in [1.29, 1.82) is 0 Å². The molecule has 1 aromatic heterocycles. The minimum atomic E-state index is 0.153. The molecule has 1 atom stereocenters. The normalized spacial score (nSPS) is 19.9. The summed E-state index contributed by atoms with van der Waals surface area (Å²) in [5, 5.41) is 6.18. The number of aromatic nitrogens is 2. The molecule has 1 fully saturated rings. The molecule has 0 aromatic carbocycles. The molecule has 0 bridgehead atoms. The van der Waals surface area contributed by atoms with Crippen molar-refractivity contribution in [2.24, 2.45) is 5.92 Å². The van der Waals surface area contributed by atoms with Crippen molar-refractivity contribution in [3.8, 4) is 0 Å². The Kier molecular flexibility index (Phi) is 3.93. The first-order valence-electron chi connectivity index (χ1n) is 5.80. The highest BCUT2D eigenvalue weighted by molar-refractivity contribution is 5.76. The summed E-state index contributed by atoms with van der Waals surface area (Å²) in [4.78, 5) is 18.7.